The minimum absolute atomic E-state index is 0.0744. The fourth-order valence-corrected chi connectivity index (χ4v) is 7.80. The first kappa shape index (κ1) is 33.3. The van der Waals surface area contributed by atoms with Crippen LogP contribution in [0.25, 0.3) is 11.0 Å². The Labute approximate surface area is 277 Å². The second kappa shape index (κ2) is 12.4. The Morgan fingerprint density at radius 3 is 2.47 bits per heavy atom. The highest BCUT2D eigenvalue weighted by molar-refractivity contribution is 5.91. The van der Waals surface area contributed by atoms with E-state index in [1.54, 1.807) is 39.0 Å². The number of alkyl carbamates (subject to hydrolysis) is 1. The molecule has 3 fully saturated rings. The third kappa shape index (κ3) is 7.14. The zero-order valence-electron chi connectivity index (χ0n) is 28.7. The average molecular weight is 651 g/mol. The maximum absolute atomic E-state index is 14.5. The maximum atomic E-state index is 14.5. The summed E-state index contributed by atoms with van der Waals surface area (Å²) in [5.41, 5.74) is 0.395. The Morgan fingerprint density at radius 2 is 1.74 bits per heavy atom. The molecule has 4 aliphatic rings. The van der Waals surface area contributed by atoms with Crippen LogP contribution in [0.2, 0.25) is 0 Å². The van der Waals surface area contributed by atoms with Crippen molar-refractivity contribution >= 4 is 29.0 Å². The van der Waals surface area contributed by atoms with Crippen LogP contribution in [0.5, 0.6) is 11.6 Å². The molecule has 8 atom stereocenters. The van der Waals surface area contributed by atoms with Gasteiger partial charge in [0.1, 0.15) is 41.3 Å². The lowest BCUT2D eigenvalue weighted by molar-refractivity contribution is -0.165. The van der Waals surface area contributed by atoms with Gasteiger partial charge in [0, 0.05) is 12.0 Å². The van der Waals surface area contributed by atoms with Crippen molar-refractivity contribution in [3.8, 4) is 11.6 Å². The van der Waals surface area contributed by atoms with E-state index in [1.165, 1.54) is 11.3 Å². The SMILES string of the molecule is C[C@@H]1[C@@H]2CN(C(=O)[C@H](C(C)(C)C)NC(=O)O[C@@H]3CC4C[C@@H]4[C@H]3CCCCCc3nc4ccc(O)cc4nc3O2)[C@@H]1C(=O)OC(C)(C)C. The average Bonchev–Trinajstić information content (AvgIpc) is 3.53. The minimum Gasteiger partial charge on any atom is -0.508 e. The number of aryl methyl sites for hydroxylation is 1. The lowest BCUT2D eigenvalue weighted by Crippen LogP contribution is -2.58. The quantitative estimate of drug-likeness (QED) is 0.380. The molecule has 1 unspecified atom stereocenters. The first-order valence-corrected chi connectivity index (χ1v) is 17.3. The number of esters is 1. The molecule has 2 saturated carbocycles. The summed E-state index contributed by atoms with van der Waals surface area (Å²) in [5, 5.41) is 13.1. The van der Waals surface area contributed by atoms with Crippen LogP contribution < -0.4 is 10.1 Å². The van der Waals surface area contributed by atoms with Crippen molar-refractivity contribution in [2.24, 2.45) is 29.1 Å². The molecule has 1 aromatic heterocycles. The lowest BCUT2D eigenvalue weighted by atomic mass is 9.85. The summed E-state index contributed by atoms with van der Waals surface area (Å²) in [4.78, 5) is 52.9. The van der Waals surface area contributed by atoms with Crippen LogP contribution in [0, 0.1) is 29.1 Å². The van der Waals surface area contributed by atoms with E-state index in [2.05, 4.69) is 5.32 Å². The van der Waals surface area contributed by atoms with E-state index in [-0.39, 0.29) is 18.4 Å². The number of amides is 2. The van der Waals surface area contributed by atoms with Gasteiger partial charge in [-0.1, -0.05) is 40.5 Å². The second-order valence-electron chi connectivity index (χ2n) is 16.2. The number of hydrogen-bond acceptors (Lipinski definition) is 9. The molecular weight excluding hydrogens is 600 g/mol. The zero-order chi connectivity index (χ0) is 33.8. The Bertz CT molecular complexity index is 1530. The first-order chi connectivity index (χ1) is 22.1. The summed E-state index contributed by atoms with van der Waals surface area (Å²) in [5.74, 6) is 0.532. The summed E-state index contributed by atoms with van der Waals surface area (Å²) in [6.07, 6.45) is 5.18. The molecule has 3 heterocycles. The smallest absolute Gasteiger partial charge is 0.408 e. The highest BCUT2D eigenvalue weighted by Crippen LogP contribution is 2.57. The minimum atomic E-state index is -0.960. The molecule has 2 bridgehead atoms. The normalized spacial score (nSPS) is 31.8. The van der Waals surface area contributed by atoms with Gasteiger partial charge in [-0.2, -0.15) is 0 Å². The molecule has 0 spiro atoms. The maximum Gasteiger partial charge on any atom is 0.408 e. The molecule has 2 N–H and O–H groups in total. The molecule has 256 valence electrons. The number of benzene rings is 1. The number of nitrogens with zero attached hydrogens (tertiary/aromatic N) is 3. The lowest BCUT2D eigenvalue weighted by Gasteiger charge is -2.36. The molecule has 11 nitrogen and oxygen atoms in total. The molecule has 2 aromatic rings. The van der Waals surface area contributed by atoms with Gasteiger partial charge in [-0.15, -0.1) is 0 Å². The molecule has 1 aromatic carbocycles. The molecule has 2 amide bonds. The number of carbonyl (C=O) groups excluding carboxylic acids is 3. The van der Waals surface area contributed by atoms with E-state index >= 15 is 0 Å². The number of phenolic OH excluding ortho intramolecular Hbond substituents is 1. The van der Waals surface area contributed by atoms with E-state index in [9.17, 15) is 19.5 Å². The number of hydrogen-bond donors (Lipinski definition) is 2. The molecule has 1 saturated heterocycles. The molecular formula is C36H50N4O7. The van der Waals surface area contributed by atoms with Crippen molar-refractivity contribution < 1.29 is 33.7 Å². The van der Waals surface area contributed by atoms with Gasteiger partial charge in [0.25, 0.3) is 0 Å². The number of fused-ring (bicyclic) bond motifs is 7. The van der Waals surface area contributed by atoms with Crippen LogP contribution in [0.15, 0.2) is 18.2 Å². The number of nitrogens with one attached hydrogen (secondary N) is 1. The number of rotatable bonds is 1. The fourth-order valence-electron chi connectivity index (χ4n) is 7.80. The Kier molecular flexibility index (Phi) is 8.80. The Balaban J connectivity index is 1.38. The fraction of sp³-hybridized carbons (Fsp3) is 0.694. The van der Waals surface area contributed by atoms with Gasteiger partial charge in [0.2, 0.25) is 11.8 Å². The number of carbonyl (C=O) groups is 3. The van der Waals surface area contributed by atoms with E-state index in [1.807, 2.05) is 27.7 Å². The predicted octanol–water partition coefficient (Wildman–Crippen LogP) is 5.55. The standard InChI is InChI=1S/C36H50N4O7/c1-19-28-18-40(29(19)33(43)47-36(5,6)7)32(42)30(35(2,3)4)39-34(44)46-27-16-20-15-23(20)22(27)11-9-8-10-12-25-31(45-28)38-26-17-21(41)13-14-24(26)37-25/h13-14,17,19-20,22-23,27-30,41H,8-12,15-16,18H2,1-7H3,(H,39,44)/t19-,20?,22-,23+,27-,28+,29+,30-/m1/s1. The van der Waals surface area contributed by atoms with Crippen molar-refractivity contribution in [2.75, 3.05) is 6.54 Å². The summed E-state index contributed by atoms with van der Waals surface area (Å²) < 4.78 is 18.5. The van der Waals surface area contributed by atoms with Crippen molar-refractivity contribution in [2.45, 2.75) is 123 Å². The molecule has 47 heavy (non-hydrogen) atoms. The number of aromatic nitrogens is 2. The highest BCUT2D eigenvalue weighted by Gasteiger charge is 2.55. The zero-order valence-corrected chi connectivity index (χ0v) is 28.7. The van der Waals surface area contributed by atoms with Crippen molar-refractivity contribution in [3.05, 3.63) is 23.9 Å². The third-order valence-electron chi connectivity index (χ3n) is 10.3. The number of aromatic hydroxyl groups is 1. The molecule has 2 aliphatic heterocycles. The van der Waals surface area contributed by atoms with Crippen LogP contribution in [-0.4, -0.2) is 74.4 Å². The van der Waals surface area contributed by atoms with Crippen LogP contribution in [0.1, 0.15) is 92.7 Å². The number of ether oxygens (including phenoxy) is 3. The van der Waals surface area contributed by atoms with Gasteiger partial charge in [-0.3, -0.25) is 4.79 Å². The summed E-state index contributed by atoms with van der Waals surface area (Å²) in [6, 6.07) is 2.97. The Morgan fingerprint density at radius 1 is 0.979 bits per heavy atom. The largest absolute Gasteiger partial charge is 0.508 e. The van der Waals surface area contributed by atoms with Gasteiger partial charge in [0.05, 0.1) is 17.6 Å². The van der Waals surface area contributed by atoms with Crippen LogP contribution in [0.3, 0.4) is 0 Å². The van der Waals surface area contributed by atoms with Crippen LogP contribution in [0.4, 0.5) is 4.79 Å². The Hall–Kier alpha value is -3.63. The van der Waals surface area contributed by atoms with Crippen molar-refractivity contribution in [1.82, 2.24) is 20.2 Å². The molecule has 11 heteroatoms. The van der Waals surface area contributed by atoms with Crippen LogP contribution in [-0.2, 0) is 25.5 Å². The predicted molar refractivity (Wildman–Crippen MR) is 175 cm³/mol. The summed E-state index contributed by atoms with van der Waals surface area (Å²) >= 11 is 0. The van der Waals surface area contributed by atoms with E-state index in [0.29, 0.717) is 46.8 Å². The third-order valence-corrected chi connectivity index (χ3v) is 10.3. The highest BCUT2D eigenvalue weighted by atomic mass is 16.6. The molecule has 6 rings (SSSR count). The van der Waals surface area contributed by atoms with E-state index < -0.39 is 53.1 Å². The molecule has 0 radical (unpaired) electrons. The number of phenols is 1. The molecule has 2 aliphatic carbocycles. The van der Waals surface area contributed by atoms with E-state index in [0.717, 1.165) is 32.1 Å². The van der Waals surface area contributed by atoms with Gasteiger partial charge < -0.3 is 29.5 Å². The van der Waals surface area contributed by atoms with Gasteiger partial charge in [0.15, 0.2) is 0 Å². The van der Waals surface area contributed by atoms with Gasteiger partial charge in [-0.05, 0) is 88.2 Å². The van der Waals surface area contributed by atoms with Gasteiger partial charge >= 0.3 is 12.1 Å². The topological polar surface area (TPSA) is 140 Å². The van der Waals surface area contributed by atoms with Crippen molar-refractivity contribution in [3.63, 3.8) is 0 Å². The summed E-state index contributed by atoms with van der Waals surface area (Å²) in [6.45, 7) is 13.0. The van der Waals surface area contributed by atoms with Crippen molar-refractivity contribution in [1.29, 1.82) is 0 Å². The van der Waals surface area contributed by atoms with Gasteiger partial charge in [-0.25, -0.2) is 19.6 Å². The summed E-state index contributed by atoms with van der Waals surface area (Å²) in [7, 11) is 0. The first-order valence-electron chi connectivity index (χ1n) is 17.3. The van der Waals surface area contributed by atoms with Crippen LogP contribution >= 0.6 is 0 Å². The second-order valence-corrected chi connectivity index (χ2v) is 16.2. The van der Waals surface area contributed by atoms with E-state index in [4.69, 9.17) is 24.2 Å². The monoisotopic (exact) mass is 650 g/mol.